The molecule has 0 fully saturated rings. The molecule has 19 N–H and O–H groups in total. The lowest BCUT2D eigenvalue weighted by molar-refractivity contribution is -0.143. The molecule has 0 aliphatic rings. The normalized spacial score (nSPS) is 15.3. The molecule has 0 bridgehead atoms. The third-order valence-electron chi connectivity index (χ3n) is 10.4. The predicted octanol–water partition coefficient (Wildman–Crippen LogP) is -3.98. The Balaban J connectivity index is 6.57. The molecule has 0 aliphatic carbocycles. The molecule has 376 valence electrons. The molecular formula is C41H74N12O13. The Morgan fingerprint density at radius 2 is 0.864 bits per heavy atom. The highest BCUT2D eigenvalue weighted by Crippen LogP contribution is 2.13. The van der Waals surface area contributed by atoms with Crippen LogP contribution < -0.4 is 65.9 Å². The summed E-state index contributed by atoms with van der Waals surface area (Å²) in [4.78, 5) is 143. The summed E-state index contributed by atoms with van der Waals surface area (Å²) >= 11 is 0. The zero-order chi connectivity index (χ0) is 50.8. The number of nitrogens with one attached hydrogen (secondary N) is 7. The minimum Gasteiger partial charge on any atom is -0.481 e. The first-order valence-electron chi connectivity index (χ1n) is 22.1. The number of carbonyl (C=O) groups excluding carboxylic acids is 9. The van der Waals surface area contributed by atoms with Crippen molar-refractivity contribution < 1.29 is 63.0 Å². The van der Waals surface area contributed by atoms with E-state index in [0.29, 0.717) is 38.6 Å². The minimum absolute atomic E-state index is 0.0363. The first kappa shape index (κ1) is 60.1. The lowest BCUT2D eigenvalue weighted by Gasteiger charge is -2.29. The minimum atomic E-state index is -1.96. The molecule has 0 aromatic carbocycles. The third kappa shape index (κ3) is 23.3. The van der Waals surface area contributed by atoms with E-state index in [1.165, 1.54) is 0 Å². The Morgan fingerprint density at radius 3 is 1.26 bits per heavy atom. The fourth-order valence-electron chi connectivity index (χ4n) is 6.30. The van der Waals surface area contributed by atoms with Crippen molar-refractivity contribution in [3.8, 4) is 0 Å². The molecular weight excluding hydrogens is 869 g/mol. The number of unbranched alkanes of at least 4 members (excludes halogenated alkanes) is 2. The van der Waals surface area contributed by atoms with Crippen LogP contribution in [-0.4, -0.2) is 137 Å². The number of hydrogen-bond acceptors (Lipinski definition) is 14. The molecule has 0 rings (SSSR count). The lowest BCUT2D eigenvalue weighted by Crippen LogP contribution is -2.61. The maximum Gasteiger partial charge on any atom is 0.326 e. The van der Waals surface area contributed by atoms with Crippen LogP contribution in [0.25, 0.3) is 0 Å². The Hall–Kier alpha value is -5.95. The number of hydrogen-bond donors (Lipinski definition) is 14. The summed E-state index contributed by atoms with van der Waals surface area (Å²) in [6.45, 7) is 10.6. The SMILES string of the molecule is CC[C@H](C)[C@H](NC(=O)[C@H](CC(N)=O)NC(=O)[C@H](CC(=O)O)NC(=O)[C@H](CC(C)C)NC(=O)[C@H](CC(N)=O)NC(=O)[C@H](CCCCN)NC(=O)[C@@H](N)C(C)C)C(=O)N[C@@H](CCCCN)C(=O)O. The third-order valence-corrected chi connectivity index (χ3v) is 10.4. The molecule has 0 unspecified atom stereocenters. The molecule has 9 amide bonds. The van der Waals surface area contributed by atoms with Crippen LogP contribution in [0.4, 0.5) is 0 Å². The van der Waals surface area contributed by atoms with Gasteiger partial charge in [-0.25, -0.2) is 4.79 Å². The van der Waals surface area contributed by atoms with Crippen molar-refractivity contribution in [1.29, 1.82) is 0 Å². The monoisotopic (exact) mass is 943 g/mol. The Bertz CT molecular complexity index is 1680. The van der Waals surface area contributed by atoms with Gasteiger partial charge in [-0.3, -0.25) is 47.9 Å². The van der Waals surface area contributed by atoms with E-state index in [1.807, 2.05) is 0 Å². The number of carbonyl (C=O) groups is 11. The van der Waals surface area contributed by atoms with Gasteiger partial charge < -0.3 is 76.1 Å². The van der Waals surface area contributed by atoms with E-state index >= 15 is 0 Å². The zero-order valence-corrected chi connectivity index (χ0v) is 38.8. The maximum atomic E-state index is 13.8. The summed E-state index contributed by atoms with van der Waals surface area (Å²) in [5.74, 6) is -13.4. The number of nitrogens with two attached hydrogens (primary N) is 5. The molecule has 25 nitrogen and oxygen atoms in total. The Morgan fingerprint density at radius 1 is 0.485 bits per heavy atom. The van der Waals surface area contributed by atoms with Crippen LogP contribution in [0.1, 0.15) is 112 Å². The van der Waals surface area contributed by atoms with Crippen LogP contribution in [0.15, 0.2) is 0 Å². The number of rotatable bonds is 34. The van der Waals surface area contributed by atoms with E-state index in [1.54, 1.807) is 41.5 Å². The fraction of sp³-hybridized carbons (Fsp3) is 0.732. The van der Waals surface area contributed by atoms with Crippen molar-refractivity contribution in [2.45, 2.75) is 161 Å². The second kappa shape index (κ2) is 31.1. The summed E-state index contributed by atoms with van der Waals surface area (Å²) in [5.41, 5.74) is 27.8. The Labute approximate surface area is 384 Å². The molecule has 0 spiro atoms. The summed E-state index contributed by atoms with van der Waals surface area (Å²) in [6.07, 6.45) is -0.694. The van der Waals surface area contributed by atoms with Gasteiger partial charge in [0.25, 0.3) is 0 Å². The largest absolute Gasteiger partial charge is 0.481 e. The van der Waals surface area contributed by atoms with E-state index in [9.17, 15) is 63.0 Å². The van der Waals surface area contributed by atoms with Gasteiger partial charge in [0.1, 0.15) is 42.3 Å². The molecule has 9 atom stereocenters. The zero-order valence-electron chi connectivity index (χ0n) is 38.8. The topological polar surface area (TPSA) is 443 Å². The molecule has 0 aromatic heterocycles. The van der Waals surface area contributed by atoms with E-state index in [2.05, 4.69) is 37.2 Å². The Kier molecular flexibility index (Phi) is 28.3. The van der Waals surface area contributed by atoms with Gasteiger partial charge in [-0.15, -0.1) is 0 Å². The van der Waals surface area contributed by atoms with Gasteiger partial charge in [0.05, 0.1) is 25.3 Å². The van der Waals surface area contributed by atoms with E-state index < -0.39 is 139 Å². The van der Waals surface area contributed by atoms with Crippen LogP contribution in [0, 0.1) is 17.8 Å². The second-order valence-corrected chi connectivity index (χ2v) is 17.0. The molecule has 0 saturated heterocycles. The summed E-state index contributed by atoms with van der Waals surface area (Å²) < 4.78 is 0. The smallest absolute Gasteiger partial charge is 0.326 e. The van der Waals surface area contributed by atoms with Gasteiger partial charge in [0.15, 0.2) is 0 Å². The second-order valence-electron chi connectivity index (χ2n) is 17.0. The summed E-state index contributed by atoms with van der Waals surface area (Å²) in [6, 6.07) is -11.9. The molecule has 0 aromatic rings. The number of aliphatic carboxylic acids is 2. The van der Waals surface area contributed by atoms with Crippen LogP contribution in [-0.2, 0) is 52.7 Å². The first-order chi connectivity index (χ1) is 30.8. The van der Waals surface area contributed by atoms with Crippen molar-refractivity contribution in [2.75, 3.05) is 13.1 Å². The van der Waals surface area contributed by atoms with Gasteiger partial charge in [-0.1, -0.05) is 48.0 Å². The summed E-state index contributed by atoms with van der Waals surface area (Å²) in [7, 11) is 0. The average molecular weight is 943 g/mol. The van der Waals surface area contributed by atoms with Crippen LogP contribution in [0.3, 0.4) is 0 Å². The van der Waals surface area contributed by atoms with E-state index in [-0.39, 0.29) is 37.6 Å². The quantitative estimate of drug-likeness (QED) is 0.0274. The fourth-order valence-corrected chi connectivity index (χ4v) is 6.30. The van der Waals surface area contributed by atoms with Crippen LogP contribution in [0.2, 0.25) is 0 Å². The van der Waals surface area contributed by atoms with Crippen molar-refractivity contribution in [3.63, 3.8) is 0 Å². The standard InChI is InChI=1S/C41H74N12O13/c1-7-22(6)33(40(64)48-24(41(65)66)13-9-11-15-43)53-38(62)27(18-30(45)55)51-37(61)28(19-31(56)57)52-35(59)25(16-20(2)3)49-36(60)26(17-29(44)54)50-34(58)23(12-8-10-14-42)47-39(63)32(46)21(4)5/h20-28,32-33H,7-19,42-43,46H2,1-6H3,(H2,44,54)(H2,45,55)(H,47,63)(H,48,64)(H,49,60)(H,50,58)(H,51,61)(H,52,59)(H,53,62)(H,56,57)(H,65,66)/t22-,23-,24-,25-,26-,27-,28-,32-,33-/m0/s1. The first-order valence-corrected chi connectivity index (χ1v) is 22.1. The van der Waals surface area contributed by atoms with E-state index in [0.717, 1.165) is 0 Å². The van der Waals surface area contributed by atoms with Crippen molar-refractivity contribution in [3.05, 3.63) is 0 Å². The van der Waals surface area contributed by atoms with E-state index in [4.69, 9.17) is 28.7 Å². The molecule has 0 heterocycles. The van der Waals surface area contributed by atoms with Gasteiger partial charge in [-0.05, 0) is 75.8 Å². The highest BCUT2D eigenvalue weighted by Gasteiger charge is 2.37. The highest BCUT2D eigenvalue weighted by molar-refractivity contribution is 6.00. The molecule has 0 radical (unpaired) electrons. The van der Waals surface area contributed by atoms with Crippen molar-refractivity contribution in [1.82, 2.24) is 37.2 Å². The molecule has 66 heavy (non-hydrogen) atoms. The molecule has 25 heteroatoms. The van der Waals surface area contributed by atoms with Gasteiger partial charge in [0, 0.05) is 0 Å². The summed E-state index contributed by atoms with van der Waals surface area (Å²) in [5, 5.41) is 36.0. The molecule has 0 aliphatic heterocycles. The number of carboxylic acid groups (broad SMARTS) is 2. The maximum absolute atomic E-state index is 13.8. The van der Waals surface area contributed by atoms with Crippen LogP contribution in [0.5, 0.6) is 0 Å². The number of primary amides is 2. The van der Waals surface area contributed by atoms with Crippen molar-refractivity contribution in [2.24, 2.45) is 46.4 Å². The average Bonchev–Trinajstić information content (AvgIpc) is 3.22. The van der Waals surface area contributed by atoms with Gasteiger partial charge in [0.2, 0.25) is 53.2 Å². The predicted molar refractivity (Wildman–Crippen MR) is 239 cm³/mol. The number of carboxylic acids is 2. The number of amides is 9. The highest BCUT2D eigenvalue weighted by atomic mass is 16.4. The molecule has 0 saturated carbocycles. The van der Waals surface area contributed by atoms with Crippen LogP contribution >= 0.6 is 0 Å². The lowest BCUT2D eigenvalue weighted by atomic mass is 9.96. The van der Waals surface area contributed by atoms with Gasteiger partial charge in [-0.2, -0.15) is 0 Å². The van der Waals surface area contributed by atoms with Gasteiger partial charge >= 0.3 is 11.9 Å². The van der Waals surface area contributed by atoms with Crippen molar-refractivity contribution >= 4 is 65.1 Å².